The first kappa shape index (κ1) is 14.5. The molecule has 2 rings (SSSR count). The molecule has 0 aliphatic heterocycles. The zero-order valence-corrected chi connectivity index (χ0v) is 11.0. The largest absolute Gasteiger partial charge is 0.416 e. The number of aromatic nitrogens is 2. The molecular formula is C13H14F3N3O. The van der Waals surface area contributed by atoms with E-state index in [9.17, 15) is 13.2 Å². The molecule has 0 aliphatic rings. The summed E-state index contributed by atoms with van der Waals surface area (Å²) in [5.74, 6) is 0.899. The molecule has 1 aromatic carbocycles. The van der Waals surface area contributed by atoms with Gasteiger partial charge in [-0.25, -0.2) is 0 Å². The summed E-state index contributed by atoms with van der Waals surface area (Å²) >= 11 is 0. The molecule has 0 radical (unpaired) electrons. The number of benzene rings is 1. The molecule has 108 valence electrons. The highest BCUT2D eigenvalue weighted by molar-refractivity contribution is 5.26. The molecule has 0 saturated carbocycles. The zero-order chi connectivity index (χ0) is 14.8. The molecule has 1 N–H and O–H groups in total. The Labute approximate surface area is 114 Å². The first-order valence-electron chi connectivity index (χ1n) is 6.06. The molecule has 20 heavy (non-hydrogen) atoms. The standard InChI is InChI=1S/C13H14F3N3O/c1-8(17-2)12-18-11(20-19-12)7-9-3-5-10(6-4-9)13(14,15)16/h3-6,8,17H,7H2,1-2H3. The summed E-state index contributed by atoms with van der Waals surface area (Å²) in [6, 6.07) is 4.87. The topological polar surface area (TPSA) is 51.0 Å². The molecule has 0 amide bonds. The summed E-state index contributed by atoms with van der Waals surface area (Å²) in [7, 11) is 1.77. The van der Waals surface area contributed by atoms with Crippen LogP contribution in [0.4, 0.5) is 13.2 Å². The maximum atomic E-state index is 12.4. The Bertz CT molecular complexity index is 563. The Kier molecular flexibility index (Phi) is 4.08. The highest BCUT2D eigenvalue weighted by Gasteiger charge is 2.29. The lowest BCUT2D eigenvalue weighted by Crippen LogP contribution is -2.13. The second kappa shape index (κ2) is 5.62. The van der Waals surface area contributed by atoms with E-state index in [1.54, 1.807) is 7.05 Å². The van der Waals surface area contributed by atoms with E-state index in [-0.39, 0.29) is 6.04 Å². The Morgan fingerprint density at radius 2 is 1.90 bits per heavy atom. The summed E-state index contributed by atoms with van der Waals surface area (Å²) < 4.78 is 42.4. The first-order valence-corrected chi connectivity index (χ1v) is 6.06. The fourth-order valence-electron chi connectivity index (χ4n) is 1.63. The van der Waals surface area contributed by atoms with Crippen molar-refractivity contribution >= 4 is 0 Å². The van der Waals surface area contributed by atoms with Gasteiger partial charge in [-0.15, -0.1) is 0 Å². The first-order chi connectivity index (χ1) is 9.40. The summed E-state index contributed by atoms with van der Waals surface area (Å²) in [6.07, 6.45) is -4.01. The quantitative estimate of drug-likeness (QED) is 0.938. The highest BCUT2D eigenvalue weighted by atomic mass is 19.4. The van der Waals surface area contributed by atoms with Crippen molar-refractivity contribution in [2.75, 3.05) is 7.05 Å². The van der Waals surface area contributed by atoms with Gasteiger partial charge in [-0.05, 0) is 31.7 Å². The Balaban J connectivity index is 2.08. The smallest absolute Gasteiger partial charge is 0.339 e. The van der Waals surface area contributed by atoms with E-state index in [1.165, 1.54) is 12.1 Å². The Hall–Kier alpha value is -1.89. The van der Waals surface area contributed by atoms with Crippen LogP contribution in [0.25, 0.3) is 0 Å². The number of hydrogen-bond acceptors (Lipinski definition) is 4. The van der Waals surface area contributed by atoms with Gasteiger partial charge in [-0.1, -0.05) is 17.3 Å². The molecule has 0 fully saturated rings. The van der Waals surface area contributed by atoms with E-state index in [0.717, 1.165) is 12.1 Å². The van der Waals surface area contributed by atoms with Gasteiger partial charge in [-0.2, -0.15) is 18.2 Å². The van der Waals surface area contributed by atoms with E-state index >= 15 is 0 Å². The van der Waals surface area contributed by atoms with Crippen molar-refractivity contribution in [3.63, 3.8) is 0 Å². The van der Waals surface area contributed by atoms with Crippen LogP contribution < -0.4 is 5.32 Å². The maximum Gasteiger partial charge on any atom is 0.416 e. The van der Waals surface area contributed by atoms with Crippen LogP contribution in [0.3, 0.4) is 0 Å². The van der Waals surface area contributed by atoms with E-state index < -0.39 is 11.7 Å². The van der Waals surface area contributed by atoms with Crippen molar-refractivity contribution in [2.45, 2.75) is 25.6 Å². The normalized spacial score (nSPS) is 13.4. The lowest BCUT2D eigenvalue weighted by molar-refractivity contribution is -0.137. The average Bonchev–Trinajstić information content (AvgIpc) is 2.86. The maximum absolute atomic E-state index is 12.4. The van der Waals surface area contributed by atoms with Crippen molar-refractivity contribution in [2.24, 2.45) is 0 Å². The van der Waals surface area contributed by atoms with Gasteiger partial charge in [0.25, 0.3) is 0 Å². The van der Waals surface area contributed by atoms with Crippen LogP contribution >= 0.6 is 0 Å². The number of hydrogen-bond donors (Lipinski definition) is 1. The van der Waals surface area contributed by atoms with Crippen molar-refractivity contribution in [1.29, 1.82) is 0 Å². The highest BCUT2D eigenvalue weighted by Crippen LogP contribution is 2.29. The molecular weight excluding hydrogens is 271 g/mol. The summed E-state index contributed by atoms with van der Waals surface area (Å²) in [5.41, 5.74) is 0.0154. The molecule has 1 unspecified atom stereocenters. The van der Waals surface area contributed by atoms with Gasteiger partial charge in [0, 0.05) is 0 Å². The van der Waals surface area contributed by atoms with Gasteiger partial charge in [0.05, 0.1) is 18.0 Å². The van der Waals surface area contributed by atoms with Gasteiger partial charge >= 0.3 is 6.18 Å². The fourth-order valence-corrected chi connectivity index (χ4v) is 1.63. The third-order valence-corrected chi connectivity index (χ3v) is 2.94. The molecule has 1 atom stereocenters. The van der Waals surface area contributed by atoms with Crippen LogP contribution in [0, 0.1) is 0 Å². The number of rotatable bonds is 4. The molecule has 1 heterocycles. The van der Waals surface area contributed by atoms with Crippen LogP contribution in [0.2, 0.25) is 0 Å². The van der Waals surface area contributed by atoms with Gasteiger partial charge in [0.2, 0.25) is 5.89 Å². The van der Waals surface area contributed by atoms with E-state index in [1.807, 2.05) is 6.92 Å². The third-order valence-electron chi connectivity index (χ3n) is 2.94. The zero-order valence-electron chi connectivity index (χ0n) is 11.0. The number of nitrogens with one attached hydrogen (secondary N) is 1. The molecule has 0 bridgehead atoms. The molecule has 4 nitrogen and oxygen atoms in total. The van der Waals surface area contributed by atoms with Gasteiger partial charge in [-0.3, -0.25) is 0 Å². The Morgan fingerprint density at radius 3 is 2.45 bits per heavy atom. The molecule has 0 spiro atoms. The summed E-state index contributed by atoms with van der Waals surface area (Å²) in [6.45, 7) is 1.88. The predicted octanol–water partition coefficient (Wildman–Crippen LogP) is 2.96. The molecule has 2 aromatic rings. The van der Waals surface area contributed by atoms with Gasteiger partial charge in [0.15, 0.2) is 5.82 Å². The second-order valence-electron chi connectivity index (χ2n) is 4.43. The lowest BCUT2D eigenvalue weighted by Gasteiger charge is -2.06. The second-order valence-corrected chi connectivity index (χ2v) is 4.43. The van der Waals surface area contributed by atoms with Crippen LogP contribution in [-0.4, -0.2) is 17.2 Å². The average molecular weight is 285 g/mol. The van der Waals surface area contributed by atoms with Crippen molar-refractivity contribution in [3.05, 3.63) is 47.1 Å². The van der Waals surface area contributed by atoms with Crippen LogP contribution in [0.5, 0.6) is 0 Å². The Morgan fingerprint density at radius 1 is 1.25 bits per heavy atom. The number of alkyl halides is 3. The van der Waals surface area contributed by atoms with Crippen molar-refractivity contribution in [1.82, 2.24) is 15.5 Å². The lowest BCUT2D eigenvalue weighted by atomic mass is 10.1. The number of halogens is 3. The third kappa shape index (κ3) is 3.36. The van der Waals surface area contributed by atoms with E-state index in [2.05, 4.69) is 15.5 Å². The summed E-state index contributed by atoms with van der Waals surface area (Å²) in [4.78, 5) is 4.18. The van der Waals surface area contributed by atoms with Crippen LogP contribution in [0.15, 0.2) is 28.8 Å². The SMILES string of the molecule is CNC(C)c1noc(Cc2ccc(C(F)(F)F)cc2)n1. The minimum absolute atomic E-state index is 0.0416. The van der Waals surface area contributed by atoms with Crippen molar-refractivity contribution < 1.29 is 17.7 Å². The minimum atomic E-state index is -4.32. The van der Waals surface area contributed by atoms with E-state index in [4.69, 9.17) is 4.52 Å². The fraction of sp³-hybridized carbons (Fsp3) is 0.385. The minimum Gasteiger partial charge on any atom is -0.339 e. The molecule has 0 aliphatic carbocycles. The van der Waals surface area contributed by atoms with Crippen LogP contribution in [-0.2, 0) is 12.6 Å². The molecule has 7 heteroatoms. The summed E-state index contributed by atoms with van der Waals surface area (Å²) in [5, 5.41) is 6.78. The van der Waals surface area contributed by atoms with Crippen molar-refractivity contribution in [3.8, 4) is 0 Å². The van der Waals surface area contributed by atoms with Gasteiger partial charge in [0.1, 0.15) is 0 Å². The molecule has 0 saturated heterocycles. The monoisotopic (exact) mass is 285 g/mol. The molecule has 1 aromatic heterocycles. The predicted molar refractivity (Wildman–Crippen MR) is 66.0 cm³/mol. The van der Waals surface area contributed by atoms with Gasteiger partial charge < -0.3 is 9.84 Å². The van der Waals surface area contributed by atoms with E-state index in [0.29, 0.717) is 23.7 Å². The number of nitrogens with zero attached hydrogens (tertiary/aromatic N) is 2. The van der Waals surface area contributed by atoms with Crippen LogP contribution in [0.1, 0.15) is 35.8 Å².